The van der Waals surface area contributed by atoms with Crippen LogP contribution >= 0.6 is 0 Å². The molecule has 1 aliphatic rings. The van der Waals surface area contributed by atoms with Gasteiger partial charge in [-0.2, -0.15) is 13.2 Å². The lowest BCUT2D eigenvalue weighted by atomic mass is 9.82. The van der Waals surface area contributed by atoms with Gasteiger partial charge in [0, 0.05) is 18.7 Å². The number of hydrogen-bond acceptors (Lipinski definition) is 3. The first-order valence-corrected chi connectivity index (χ1v) is 9.91. The van der Waals surface area contributed by atoms with E-state index >= 15 is 0 Å². The SMILES string of the molecule is C/C(=C/CC(=O)NCC1CC(O)C1)c1cc(NCC(F)(F)F)cc(C(C)(C)C)c1. The van der Waals surface area contributed by atoms with E-state index in [-0.39, 0.29) is 23.8 Å². The lowest BCUT2D eigenvalue weighted by Crippen LogP contribution is -2.38. The molecule has 0 bridgehead atoms. The maximum Gasteiger partial charge on any atom is 0.405 e. The van der Waals surface area contributed by atoms with Crippen LogP contribution in [0.15, 0.2) is 24.3 Å². The minimum absolute atomic E-state index is 0.104. The van der Waals surface area contributed by atoms with Gasteiger partial charge in [0.05, 0.1) is 6.10 Å². The predicted octanol–water partition coefficient (Wildman–Crippen LogP) is 4.64. The second kappa shape index (κ2) is 9.20. The largest absolute Gasteiger partial charge is 0.405 e. The number of carbonyl (C=O) groups excluding carboxylic acids is 1. The molecule has 1 aromatic carbocycles. The van der Waals surface area contributed by atoms with E-state index < -0.39 is 12.7 Å². The Morgan fingerprint density at radius 2 is 1.86 bits per heavy atom. The molecule has 1 amide bonds. The summed E-state index contributed by atoms with van der Waals surface area (Å²) in [5.74, 6) is 0.234. The fraction of sp³-hybridized carbons (Fsp3) is 0.591. The fourth-order valence-corrected chi connectivity index (χ4v) is 3.15. The molecular weight excluding hydrogens is 381 g/mol. The third-order valence-corrected chi connectivity index (χ3v) is 5.14. The van der Waals surface area contributed by atoms with Gasteiger partial charge in [-0.05, 0) is 59.9 Å². The van der Waals surface area contributed by atoms with Crippen molar-refractivity contribution in [2.75, 3.05) is 18.4 Å². The van der Waals surface area contributed by atoms with Crippen LogP contribution in [0.5, 0.6) is 0 Å². The maximum atomic E-state index is 12.6. The van der Waals surface area contributed by atoms with E-state index in [9.17, 15) is 23.1 Å². The number of nitrogens with one attached hydrogen (secondary N) is 2. The summed E-state index contributed by atoms with van der Waals surface area (Å²) >= 11 is 0. The maximum absolute atomic E-state index is 12.6. The van der Waals surface area contributed by atoms with Crippen molar-refractivity contribution in [1.82, 2.24) is 5.32 Å². The monoisotopic (exact) mass is 412 g/mol. The fourth-order valence-electron chi connectivity index (χ4n) is 3.15. The van der Waals surface area contributed by atoms with Gasteiger partial charge in [-0.25, -0.2) is 0 Å². The van der Waals surface area contributed by atoms with Gasteiger partial charge < -0.3 is 15.7 Å². The van der Waals surface area contributed by atoms with Crippen LogP contribution in [0, 0.1) is 5.92 Å². The summed E-state index contributed by atoms with van der Waals surface area (Å²) in [5, 5.41) is 14.6. The Labute approximate surface area is 170 Å². The van der Waals surface area contributed by atoms with Gasteiger partial charge in [-0.15, -0.1) is 0 Å². The van der Waals surface area contributed by atoms with E-state index in [1.54, 1.807) is 18.2 Å². The van der Waals surface area contributed by atoms with Gasteiger partial charge in [0.25, 0.3) is 0 Å². The van der Waals surface area contributed by atoms with Crippen LogP contribution in [0.4, 0.5) is 18.9 Å². The van der Waals surface area contributed by atoms with Crippen LogP contribution in [0.25, 0.3) is 5.57 Å². The molecule has 4 nitrogen and oxygen atoms in total. The van der Waals surface area contributed by atoms with Crippen molar-refractivity contribution in [3.8, 4) is 0 Å². The standard InChI is InChI=1S/C22H31F3N2O2/c1-14(5-6-20(29)26-12-15-7-19(28)8-15)16-9-17(21(2,3)4)11-18(10-16)27-13-22(23,24)25/h5,9-11,15,19,27-28H,6-8,12-13H2,1-4H3,(H,26,29)/b14-5-. The zero-order valence-corrected chi connectivity index (χ0v) is 17.5. The number of alkyl halides is 3. The molecule has 3 N–H and O–H groups in total. The Bertz CT molecular complexity index is 745. The highest BCUT2D eigenvalue weighted by atomic mass is 19.4. The summed E-state index contributed by atoms with van der Waals surface area (Å²) in [4.78, 5) is 12.1. The van der Waals surface area contributed by atoms with Crippen molar-refractivity contribution in [3.63, 3.8) is 0 Å². The molecule has 0 aromatic heterocycles. The highest BCUT2D eigenvalue weighted by Crippen LogP contribution is 2.30. The smallest absolute Gasteiger partial charge is 0.393 e. The molecule has 7 heteroatoms. The topological polar surface area (TPSA) is 61.4 Å². The van der Waals surface area contributed by atoms with Gasteiger partial charge in [0.1, 0.15) is 6.54 Å². The van der Waals surface area contributed by atoms with Crippen molar-refractivity contribution >= 4 is 17.2 Å². The first-order valence-electron chi connectivity index (χ1n) is 9.91. The van der Waals surface area contributed by atoms with Crippen molar-refractivity contribution < 1.29 is 23.1 Å². The average Bonchev–Trinajstić information content (AvgIpc) is 2.59. The first-order chi connectivity index (χ1) is 13.3. The molecule has 1 fully saturated rings. The molecule has 2 rings (SSSR count). The normalized spacial score (nSPS) is 20.2. The second-order valence-electron chi connectivity index (χ2n) is 8.90. The molecule has 1 saturated carbocycles. The van der Waals surface area contributed by atoms with Crippen molar-refractivity contribution in [3.05, 3.63) is 35.4 Å². The number of halogens is 3. The first kappa shape index (κ1) is 23.3. The number of amides is 1. The number of hydrogen-bond donors (Lipinski definition) is 3. The molecule has 0 aliphatic heterocycles. The Hall–Kier alpha value is -2.02. The lowest BCUT2D eigenvalue weighted by molar-refractivity contribution is -0.121. The van der Waals surface area contributed by atoms with E-state index in [0.717, 1.165) is 29.5 Å². The van der Waals surface area contributed by atoms with E-state index in [2.05, 4.69) is 10.6 Å². The van der Waals surface area contributed by atoms with E-state index in [1.165, 1.54) is 0 Å². The summed E-state index contributed by atoms with van der Waals surface area (Å²) in [6.07, 6.45) is -1.09. The molecule has 162 valence electrons. The lowest BCUT2D eigenvalue weighted by Gasteiger charge is -2.31. The average molecular weight is 412 g/mol. The Kier molecular flexibility index (Phi) is 7.38. The molecule has 29 heavy (non-hydrogen) atoms. The quantitative estimate of drug-likeness (QED) is 0.612. The van der Waals surface area contributed by atoms with E-state index in [0.29, 0.717) is 18.2 Å². The second-order valence-corrected chi connectivity index (χ2v) is 8.90. The number of aliphatic hydroxyl groups is 1. The Morgan fingerprint density at radius 1 is 1.21 bits per heavy atom. The van der Waals surface area contributed by atoms with Gasteiger partial charge >= 0.3 is 6.18 Å². The number of allylic oxidation sites excluding steroid dienone is 1. The molecule has 0 saturated heterocycles. The minimum Gasteiger partial charge on any atom is -0.393 e. The van der Waals surface area contributed by atoms with Gasteiger partial charge in [-0.1, -0.05) is 32.9 Å². The van der Waals surface area contributed by atoms with E-state index in [1.807, 2.05) is 33.8 Å². The van der Waals surface area contributed by atoms with Gasteiger partial charge in [0.15, 0.2) is 0 Å². The van der Waals surface area contributed by atoms with Crippen LogP contribution in [0.1, 0.15) is 58.1 Å². The molecule has 0 radical (unpaired) electrons. The third-order valence-electron chi connectivity index (χ3n) is 5.14. The molecular formula is C22H31F3N2O2. The zero-order valence-electron chi connectivity index (χ0n) is 17.5. The molecule has 0 heterocycles. The Morgan fingerprint density at radius 3 is 2.41 bits per heavy atom. The minimum atomic E-state index is -4.29. The highest BCUT2D eigenvalue weighted by Gasteiger charge is 2.28. The number of carbonyl (C=O) groups is 1. The summed E-state index contributed by atoms with van der Waals surface area (Å²) in [7, 11) is 0. The molecule has 1 aliphatic carbocycles. The van der Waals surface area contributed by atoms with Crippen molar-refractivity contribution in [2.45, 2.75) is 64.7 Å². The predicted molar refractivity (Wildman–Crippen MR) is 110 cm³/mol. The number of rotatable bonds is 7. The highest BCUT2D eigenvalue weighted by molar-refractivity contribution is 5.80. The van der Waals surface area contributed by atoms with E-state index in [4.69, 9.17) is 0 Å². The molecule has 0 spiro atoms. The molecule has 1 aromatic rings. The van der Waals surface area contributed by atoms with Crippen LogP contribution < -0.4 is 10.6 Å². The summed E-state index contributed by atoms with van der Waals surface area (Å²) in [5.41, 5.74) is 2.72. The summed E-state index contributed by atoms with van der Waals surface area (Å²) in [6, 6.07) is 5.38. The third kappa shape index (κ3) is 7.72. The zero-order chi connectivity index (χ0) is 21.8. The number of aliphatic hydroxyl groups excluding tert-OH is 1. The molecule has 0 atom stereocenters. The van der Waals surface area contributed by atoms with Gasteiger partial charge in [-0.3, -0.25) is 4.79 Å². The van der Waals surface area contributed by atoms with Gasteiger partial charge in [0.2, 0.25) is 5.91 Å². The van der Waals surface area contributed by atoms with Crippen LogP contribution in [0.2, 0.25) is 0 Å². The summed E-state index contributed by atoms with van der Waals surface area (Å²) < 4.78 is 37.8. The van der Waals surface area contributed by atoms with Crippen LogP contribution in [-0.4, -0.2) is 36.4 Å². The van der Waals surface area contributed by atoms with Crippen molar-refractivity contribution in [1.29, 1.82) is 0 Å². The van der Waals surface area contributed by atoms with Crippen LogP contribution in [-0.2, 0) is 10.2 Å². The van der Waals surface area contributed by atoms with Crippen LogP contribution in [0.3, 0.4) is 0 Å². The number of benzene rings is 1. The summed E-state index contributed by atoms with van der Waals surface area (Å²) in [6.45, 7) is 7.33. The molecule has 0 unspecified atom stereocenters. The Balaban J connectivity index is 2.07. The number of anilines is 1. The van der Waals surface area contributed by atoms with Crippen molar-refractivity contribution in [2.24, 2.45) is 5.92 Å².